The third kappa shape index (κ3) is 3.76. The van der Waals surface area contributed by atoms with E-state index < -0.39 is 6.04 Å². The Labute approximate surface area is 139 Å². The summed E-state index contributed by atoms with van der Waals surface area (Å²) in [4.78, 5) is 12.2. The average molecular weight is 330 g/mol. The number of ether oxygens (including phenoxy) is 2. The maximum Gasteiger partial charge on any atom is 0.242 e. The molecule has 24 heavy (non-hydrogen) atoms. The van der Waals surface area contributed by atoms with Gasteiger partial charge in [0.05, 0.1) is 5.69 Å². The number of carbonyl (C=O) groups excluding carboxylic acids is 1. The van der Waals surface area contributed by atoms with Crippen LogP contribution in [0, 0.1) is 5.82 Å². The summed E-state index contributed by atoms with van der Waals surface area (Å²) in [5.74, 6) is 0.844. The first kappa shape index (κ1) is 16.1. The predicted octanol–water partition coefficient (Wildman–Crippen LogP) is 2.71. The zero-order chi connectivity index (χ0) is 16.9. The van der Waals surface area contributed by atoms with E-state index in [2.05, 4.69) is 10.6 Å². The fourth-order valence-corrected chi connectivity index (χ4v) is 2.43. The summed E-state index contributed by atoms with van der Waals surface area (Å²) >= 11 is 0. The summed E-state index contributed by atoms with van der Waals surface area (Å²) in [6, 6.07) is 11.1. The molecule has 6 heteroatoms. The lowest BCUT2D eigenvalue weighted by atomic mass is 10.2. The van der Waals surface area contributed by atoms with Gasteiger partial charge in [-0.2, -0.15) is 0 Å². The minimum Gasteiger partial charge on any atom is -0.486 e. The van der Waals surface area contributed by atoms with Crippen molar-refractivity contribution in [1.29, 1.82) is 0 Å². The van der Waals surface area contributed by atoms with Crippen LogP contribution in [0.3, 0.4) is 0 Å². The summed E-state index contributed by atoms with van der Waals surface area (Å²) in [5.41, 5.74) is 1.56. The van der Waals surface area contributed by atoms with Crippen molar-refractivity contribution in [2.24, 2.45) is 0 Å². The van der Waals surface area contributed by atoms with Gasteiger partial charge in [0.2, 0.25) is 5.91 Å². The summed E-state index contributed by atoms with van der Waals surface area (Å²) in [6.07, 6.45) is 0. The van der Waals surface area contributed by atoms with Gasteiger partial charge in [-0.15, -0.1) is 0 Å². The lowest BCUT2D eigenvalue weighted by Crippen LogP contribution is -2.37. The van der Waals surface area contributed by atoms with Crippen LogP contribution in [0.2, 0.25) is 0 Å². The smallest absolute Gasteiger partial charge is 0.242 e. The molecular weight excluding hydrogens is 311 g/mol. The van der Waals surface area contributed by atoms with Gasteiger partial charge in [0, 0.05) is 6.54 Å². The van der Waals surface area contributed by atoms with Crippen LogP contribution in [0.5, 0.6) is 11.5 Å². The van der Waals surface area contributed by atoms with Crippen molar-refractivity contribution in [3.05, 3.63) is 53.8 Å². The Bertz CT molecular complexity index is 719. The van der Waals surface area contributed by atoms with Gasteiger partial charge in [-0.3, -0.25) is 4.79 Å². The molecule has 1 atom stereocenters. The molecule has 3 rings (SSSR count). The van der Waals surface area contributed by atoms with Crippen LogP contribution in [-0.2, 0) is 11.3 Å². The van der Waals surface area contributed by atoms with Gasteiger partial charge in [0.15, 0.2) is 11.5 Å². The van der Waals surface area contributed by atoms with Crippen molar-refractivity contribution in [2.45, 2.75) is 19.5 Å². The van der Waals surface area contributed by atoms with Crippen LogP contribution in [0.15, 0.2) is 42.5 Å². The van der Waals surface area contributed by atoms with Crippen molar-refractivity contribution >= 4 is 11.6 Å². The van der Waals surface area contributed by atoms with Crippen molar-refractivity contribution in [3.63, 3.8) is 0 Å². The molecule has 2 aromatic rings. The van der Waals surface area contributed by atoms with Gasteiger partial charge in [-0.05, 0) is 36.8 Å². The van der Waals surface area contributed by atoms with Crippen LogP contribution in [0.4, 0.5) is 10.1 Å². The molecule has 0 aromatic heterocycles. The van der Waals surface area contributed by atoms with Crippen LogP contribution < -0.4 is 20.1 Å². The van der Waals surface area contributed by atoms with E-state index >= 15 is 0 Å². The van der Waals surface area contributed by atoms with Gasteiger partial charge in [-0.25, -0.2) is 4.39 Å². The Morgan fingerprint density at radius 3 is 2.71 bits per heavy atom. The number of nitrogens with one attached hydrogen (secondary N) is 2. The van der Waals surface area contributed by atoms with E-state index in [9.17, 15) is 9.18 Å². The molecule has 1 amide bonds. The molecule has 0 unspecified atom stereocenters. The van der Waals surface area contributed by atoms with E-state index in [1.54, 1.807) is 19.1 Å². The number of amides is 1. The molecule has 1 aliphatic heterocycles. The second kappa shape index (κ2) is 7.21. The van der Waals surface area contributed by atoms with Crippen molar-refractivity contribution in [2.75, 3.05) is 18.5 Å². The lowest BCUT2D eigenvalue weighted by molar-refractivity contribution is -0.121. The molecule has 0 spiro atoms. The van der Waals surface area contributed by atoms with E-state index in [1.165, 1.54) is 12.1 Å². The molecular formula is C18H19FN2O3. The molecule has 2 N–H and O–H groups in total. The Morgan fingerprint density at radius 1 is 1.17 bits per heavy atom. The van der Waals surface area contributed by atoms with E-state index in [4.69, 9.17) is 9.47 Å². The molecule has 0 saturated carbocycles. The first-order chi connectivity index (χ1) is 11.6. The van der Waals surface area contributed by atoms with E-state index in [-0.39, 0.29) is 11.7 Å². The third-order valence-electron chi connectivity index (χ3n) is 3.71. The van der Waals surface area contributed by atoms with Gasteiger partial charge in [0.1, 0.15) is 25.1 Å². The predicted molar refractivity (Wildman–Crippen MR) is 88.8 cm³/mol. The topological polar surface area (TPSA) is 59.6 Å². The molecule has 0 bridgehead atoms. The first-order valence-electron chi connectivity index (χ1n) is 7.81. The monoisotopic (exact) mass is 330 g/mol. The molecule has 126 valence electrons. The number of rotatable bonds is 5. The van der Waals surface area contributed by atoms with Crippen molar-refractivity contribution in [3.8, 4) is 11.5 Å². The van der Waals surface area contributed by atoms with Gasteiger partial charge < -0.3 is 20.1 Å². The SMILES string of the molecule is C[C@H](Nc1cccc2c1OCCO2)C(=O)NCc1ccc(F)cc1. The highest BCUT2D eigenvalue weighted by Crippen LogP contribution is 2.37. The highest BCUT2D eigenvalue weighted by Gasteiger charge is 2.19. The fraction of sp³-hybridized carbons (Fsp3) is 0.278. The van der Waals surface area contributed by atoms with Crippen LogP contribution >= 0.6 is 0 Å². The number of hydrogen-bond donors (Lipinski definition) is 2. The number of carbonyl (C=O) groups is 1. The largest absolute Gasteiger partial charge is 0.486 e. The normalized spacial score (nSPS) is 13.9. The molecule has 0 fully saturated rings. The molecule has 0 radical (unpaired) electrons. The second-order valence-corrected chi connectivity index (χ2v) is 5.54. The molecule has 0 aliphatic carbocycles. The summed E-state index contributed by atoms with van der Waals surface area (Å²) < 4.78 is 24.0. The lowest BCUT2D eigenvalue weighted by Gasteiger charge is -2.23. The van der Waals surface area contributed by atoms with Gasteiger partial charge >= 0.3 is 0 Å². The number of hydrogen-bond acceptors (Lipinski definition) is 4. The fourth-order valence-electron chi connectivity index (χ4n) is 2.43. The van der Waals surface area contributed by atoms with E-state index in [0.29, 0.717) is 31.3 Å². The Kier molecular flexibility index (Phi) is 4.84. The molecule has 5 nitrogen and oxygen atoms in total. The zero-order valence-electron chi connectivity index (χ0n) is 13.3. The zero-order valence-corrected chi connectivity index (χ0v) is 13.3. The Hall–Kier alpha value is -2.76. The number of fused-ring (bicyclic) bond motifs is 1. The second-order valence-electron chi connectivity index (χ2n) is 5.54. The first-order valence-corrected chi connectivity index (χ1v) is 7.81. The molecule has 1 aliphatic rings. The molecule has 1 heterocycles. The number of benzene rings is 2. The standard InChI is InChI=1S/C18H19FN2O3/c1-12(18(22)20-11-13-5-7-14(19)8-6-13)21-15-3-2-4-16-17(15)24-10-9-23-16/h2-8,12,21H,9-11H2,1H3,(H,20,22)/t12-/m0/s1. The third-order valence-corrected chi connectivity index (χ3v) is 3.71. The van der Waals surface area contributed by atoms with E-state index in [1.807, 2.05) is 18.2 Å². The summed E-state index contributed by atoms with van der Waals surface area (Å²) in [5, 5.41) is 5.96. The van der Waals surface area contributed by atoms with Crippen molar-refractivity contribution < 1.29 is 18.7 Å². The summed E-state index contributed by atoms with van der Waals surface area (Å²) in [6.45, 7) is 3.11. The Morgan fingerprint density at radius 2 is 1.92 bits per heavy atom. The minimum absolute atomic E-state index is 0.159. The minimum atomic E-state index is -0.456. The molecule has 2 aromatic carbocycles. The highest BCUT2D eigenvalue weighted by atomic mass is 19.1. The van der Waals surface area contributed by atoms with Crippen LogP contribution in [0.1, 0.15) is 12.5 Å². The van der Waals surface area contributed by atoms with Crippen molar-refractivity contribution in [1.82, 2.24) is 5.32 Å². The quantitative estimate of drug-likeness (QED) is 0.885. The average Bonchev–Trinajstić information content (AvgIpc) is 2.61. The number of halogens is 1. The van der Waals surface area contributed by atoms with Gasteiger partial charge in [0.25, 0.3) is 0 Å². The van der Waals surface area contributed by atoms with Crippen LogP contribution in [0.25, 0.3) is 0 Å². The molecule has 0 saturated heterocycles. The Balaban J connectivity index is 1.59. The number of anilines is 1. The van der Waals surface area contributed by atoms with Gasteiger partial charge in [-0.1, -0.05) is 18.2 Å². The maximum atomic E-state index is 12.9. The summed E-state index contributed by atoms with van der Waals surface area (Å²) in [7, 11) is 0. The number of para-hydroxylation sites is 1. The maximum absolute atomic E-state index is 12.9. The van der Waals surface area contributed by atoms with Crippen LogP contribution in [-0.4, -0.2) is 25.2 Å². The van der Waals surface area contributed by atoms with E-state index in [0.717, 1.165) is 11.3 Å². The highest BCUT2D eigenvalue weighted by molar-refractivity contribution is 5.85.